The first-order valence-corrected chi connectivity index (χ1v) is 15.3. The van der Waals surface area contributed by atoms with Crippen molar-refractivity contribution in [2.24, 2.45) is 0 Å². The van der Waals surface area contributed by atoms with Crippen LogP contribution in [0, 0.1) is 0 Å². The van der Waals surface area contributed by atoms with Gasteiger partial charge in [-0.15, -0.1) is 11.3 Å². The number of furan rings is 1. The van der Waals surface area contributed by atoms with Gasteiger partial charge in [-0.05, 0) is 52.7 Å². The summed E-state index contributed by atoms with van der Waals surface area (Å²) in [6.07, 6.45) is 0. The Morgan fingerprint density at radius 2 is 1.19 bits per heavy atom. The second kappa shape index (κ2) is 9.59. The number of nitrogens with zero attached hydrogens (tertiary/aromatic N) is 1. The molecule has 9 aromatic rings. The van der Waals surface area contributed by atoms with Crippen LogP contribution in [0.4, 0.5) is 17.1 Å². The van der Waals surface area contributed by atoms with Gasteiger partial charge in [0, 0.05) is 47.9 Å². The van der Waals surface area contributed by atoms with Crippen LogP contribution in [-0.2, 0) is 0 Å². The van der Waals surface area contributed by atoms with Crippen LogP contribution in [0.3, 0.4) is 0 Å². The Bertz CT molecular complexity index is 2460. The molecule has 0 radical (unpaired) electrons. The zero-order valence-electron chi connectivity index (χ0n) is 23.2. The number of fused-ring (bicyclic) bond motifs is 8. The smallest absolute Gasteiger partial charge is 0.159 e. The largest absolute Gasteiger partial charge is 0.453 e. The minimum absolute atomic E-state index is 0.882. The lowest BCUT2D eigenvalue weighted by Crippen LogP contribution is -2.09. The highest BCUT2D eigenvalue weighted by Gasteiger charge is 2.21. The van der Waals surface area contributed by atoms with Gasteiger partial charge in [0.25, 0.3) is 0 Å². The SMILES string of the molecule is c1ccc(-c2cccc3c2oc2c(N(c4ccccc4)c4ccc5c(c4)sc4ccc6ccccc6c45)cccc23)cc1. The van der Waals surface area contributed by atoms with Crippen LogP contribution >= 0.6 is 11.3 Å². The second-order valence-corrected chi connectivity index (χ2v) is 12.0. The molecule has 3 heteroatoms. The molecule has 0 spiro atoms. The number of para-hydroxylation sites is 3. The van der Waals surface area contributed by atoms with Gasteiger partial charge in [-0.3, -0.25) is 0 Å². The van der Waals surface area contributed by atoms with E-state index in [0.717, 1.165) is 50.1 Å². The topological polar surface area (TPSA) is 16.4 Å². The minimum Gasteiger partial charge on any atom is -0.453 e. The van der Waals surface area contributed by atoms with Crippen molar-refractivity contribution < 1.29 is 4.42 Å². The molecule has 7 aromatic carbocycles. The summed E-state index contributed by atoms with van der Waals surface area (Å²) in [5.74, 6) is 0. The average molecular weight is 568 g/mol. The summed E-state index contributed by atoms with van der Waals surface area (Å²) in [7, 11) is 0. The van der Waals surface area contributed by atoms with Crippen LogP contribution in [0.2, 0.25) is 0 Å². The van der Waals surface area contributed by atoms with Crippen molar-refractivity contribution >= 4 is 81.3 Å². The third kappa shape index (κ3) is 3.79. The monoisotopic (exact) mass is 567 g/mol. The predicted octanol–water partition coefficient (Wildman–Crippen LogP) is 12.2. The summed E-state index contributed by atoms with van der Waals surface area (Å²) >= 11 is 1.86. The summed E-state index contributed by atoms with van der Waals surface area (Å²) in [6, 6.07) is 54.0. The third-order valence-electron chi connectivity index (χ3n) is 8.45. The number of anilines is 3. The molecule has 2 heterocycles. The molecule has 0 unspecified atom stereocenters. The minimum atomic E-state index is 0.882. The molecule has 0 fully saturated rings. The Morgan fingerprint density at radius 3 is 2.05 bits per heavy atom. The third-order valence-corrected chi connectivity index (χ3v) is 9.56. The van der Waals surface area contributed by atoms with Gasteiger partial charge in [-0.25, -0.2) is 0 Å². The van der Waals surface area contributed by atoms with E-state index in [9.17, 15) is 0 Å². The molecule has 2 aromatic heterocycles. The molecule has 0 atom stereocenters. The zero-order chi connectivity index (χ0) is 28.3. The van der Waals surface area contributed by atoms with Crippen LogP contribution in [0.25, 0.3) is 64.0 Å². The van der Waals surface area contributed by atoms with Crippen molar-refractivity contribution in [3.8, 4) is 11.1 Å². The van der Waals surface area contributed by atoms with Gasteiger partial charge in [0.15, 0.2) is 5.58 Å². The van der Waals surface area contributed by atoms with Gasteiger partial charge >= 0.3 is 0 Å². The van der Waals surface area contributed by atoms with Crippen LogP contribution in [0.15, 0.2) is 156 Å². The van der Waals surface area contributed by atoms with Crippen molar-refractivity contribution in [3.05, 3.63) is 152 Å². The second-order valence-electron chi connectivity index (χ2n) is 10.9. The maximum Gasteiger partial charge on any atom is 0.159 e. The first-order valence-electron chi connectivity index (χ1n) is 14.5. The van der Waals surface area contributed by atoms with Crippen molar-refractivity contribution in [1.82, 2.24) is 0 Å². The lowest BCUT2D eigenvalue weighted by molar-refractivity contribution is 0.670. The van der Waals surface area contributed by atoms with E-state index in [1.54, 1.807) is 0 Å². The van der Waals surface area contributed by atoms with E-state index in [1.165, 1.54) is 30.9 Å². The summed E-state index contributed by atoms with van der Waals surface area (Å²) in [6.45, 7) is 0. The van der Waals surface area contributed by atoms with Crippen LogP contribution in [0.1, 0.15) is 0 Å². The quantitative estimate of drug-likeness (QED) is 0.210. The van der Waals surface area contributed by atoms with Crippen molar-refractivity contribution in [2.75, 3.05) is 4.90 Å². The number of hydrogen-bond acceptors (Lipinski definition) is 3. The fraction of sp³-hybridized carbons (Fsp3) is 0. The van der Waals surface area contributed by atoms with Crippen LogP contribution in [0.5, 0.6) is 0 Å². The Morgan fingerprint density at radius 1 is 0.465 bits per heavy atom. The summed E-state index contributed by atoms with van der Waals surface area (Å²) < 4.78 is 9.42. The summed E-state index contributed by atoms with van der Waals surface area (Å²) in [5.41, 5.74) is 7.25. The Balaban J connectivity index is 1.29. The van der Waals surface area contributed by atoms with Crippen molar-refractivity contribution in [1.29, 1.82) is 0 Å². The summed E-state index contributed by atoms with van der Waals surface area (Å²) in [4.78, 5) is 2.33. The van der Waals surface area contributed by atoms with Gasteiger partial charge in [0.05, 0.1) is 5.69 Å². The van der Waals surface area contributed by atoms with Crippen molar-refractivity contribution in [3.63, 3.8) is 0 Å². The van der Waals surface area contributed by atoms with Crippen molar-refractivity contribution in [2.45, 2.75) is 0 Å². The van der Waals surface area contributed by atoms with Crippen LogP contribution < -0.4 is 4.90 Å². The number of thiophene rings is 1. The molecule has 0 aliphatic carbocycles. The average Bonchev–Trinajstić information content (AvgIpc) is 3.65. The van der Waals surface area contributed by atoms with Gasteiger partial charge in [0.2, 0.25) is 0 Å². The first kappa shape index (κ1) is 24.2. The predicted molar refractivity (Wildman–Crippen MR) is 184 cm³/mol. The molecule has 2 nitrogen and oxygen atoms in total. The van der Waals surface area contributed by atoms with E-state index in [4.69, 9.17) is 4.42 Å². The van der Waals surface area contributed by atoms with E-state index in [-0.39, 0.29) is 0 Å². The zero-order valence-corrected chi connectivity index (χ0v) is 24.0. The standard InChI is InChI=1S/C40H25NOS/c1-3-11-26(12-4-1)31-17-9-18-32-33-19-10-20-35(40(33)42-39(31)32)41(28-14-5-2-6-15-28)29-22-23-34-37(25-29)43-36-24-21-27-13-7-8-16-30(27)38(34)36/h1-25H. The molecule has 0 bridgehead atoms. The molecular weight excluding hydrogens is 543 g/mol. The fourth-order valence-electron chi connectivity index (χ4n) is 6.50. The fourth-order valence-corrected chi connectivity index (χ4v) is 7.66. The number of rotatable bonds is 4. The maximum atomic E-state index is 6.84. The molecule has 0 N–H and O–H groups in total. The lowest BCUT2D eigenvalue weighted by atomic mass is 10.0. The molecule has 43 heavy (non-hydrogen) atoms. The van der Waals surface area contributed by atoms with Gasteiger partial charge in [0.1, 0.15) is 5.58 Å². The molecule has 0 saturated heterocycles. The van der Waals surface area contributed by atoms with Gasteiger partial charge < -0.3 is 9.32 Å². The summed E-state index contributed by atoms with van der Waals surface area (Å²) in [5, 5.41) is 7.45. The molecule has 0 saturated carbocycles. The highest BCUT2D eigenvalue weighted by molar-refractivity contribution is 7.26. The Kier molecular flexibility index (Phi) is 5.40. The molecular formula is C40H25NOS. The van der Waals surface area contributed by atoms with Gasteiger partial charge in [-0.1, -0.05) is 115 Å². The number of hydrogen-bond donors (Lipinski definition) is 0. The van der Waals surface area contributed by atoms with Crippen LogP contribution in [-0.4, -0.2) is 0 Å². The number of benzene rings is 7. The highest BCUT2D eigenvalue weighted by Crippen LogP contribution is 2.46. The first-order chi connectivity index (χ1) is 21.3. The van der Waals surface area contributed by atoms with E-state index < -0.39 is 0 Å². The van der Waals surface area contributed by atoms with E-state index >= 15 is 0 Å². The molecule has 9 rings (SSSR count). The Hall–Kier alpha value is -5.38. The normalized spacial score (nSPS) is 11.7. The van der Waals surface area contributed by atoms with Gasteiger partial charge in [-0.2, -0.15) is 0 Å². The molecule has 202 valence electrons. The Labute approximate surface area is 252 Å². The lowest BCUT2D eigenvalue weighted by Gasteiger charge is -2.25. The maximum absolute atomic E-state index is 6.84. The molecule has 0 amide bonds. The van der Waals surface area contributed by atoms with E-state index in [1.807, 2.05) is 17.4 Å². The molecule has 0 aliphatic heterocycles. The van der Waals surface area contributed by atoms with E-state index in [0.29, 0.717) is 0 Å². The molecule has 0 aliphatic rings. The highest BCUT2D eigenvalue weighted by atomic mass is 32.1. The van der Waals surface area contributed by atoms with E-state index in [2.05, 4.69) is 150 Å².